The molecule has 10 aromatic carbocycles. The molecule has 396 valence electrons. The number of rotatable bonds is 8. The molecule has 17 rings (SSSR count). The van der Waals surface area contributed by atoms with Crippen LogP contribution in [0.15, 0.2) is 267 Å². The van der Waals surface area contributed by atoms with Crippen LogP contribution in [-0.4, -0.2) is 46.7 Å². The second-order valence-corrected chi connectivity index (χ2v) is 27.7. The molecule has 0 bridgehead atoms. The summed E-state index contributed by atoms with van der Waals surface area (Å²) in [6.45, 7) is 5.04. The summed E-state index contributed by atoms with van der Waals surface area (Å²) in [4.78, 5) is 26.9. The van der Waals surface area contributed by atoms with Gasteiger partial charge in [-0.05, 0) is 6.07 Å². The molecule has 0 atom stereocenters. The molecule has 0 unspecified atom stereocenters. The quantitative estimate of drug-likeness (QED) is 0.142. The summed E-state index contributed by atoms with van der Waals surface area (Å²) in [5.74, 6) is 1.55. The number of fused-ring (bicyclic) bond motifs is 12. The van der Waals surface area contributed by atoms with Crippen LogP contribution in [0, 0.1) is 0 Å². The molecule has 0 saturated carbocycles. The minimum atomic E-state index is -2.82. The number of hydrogen-bond donors (Lipinski definition) is 0. The Labute approximate surface area is 484 Å². The molecule has 84 heavy (non-hydrogen) atoms. The van der Waals surface area contributed by atoms with E-state index in [9.17, 15) is 0 Å². The fourth-order valence-electron chi connectivity index (χ4n) is 14.0. The van der Waals surface area contributed by atoms with Gasteiger partial charge >= 0.3 is 410 Å². The Morgan fingerprint density at radius 2 is 0.810 bits per heavy atom. The van der Waals surface area contributed by atoms with Gasteiger partial charge in [-0.25, -0.2) is 0 Å². The van der Waals surface area contributed by atoms with Gasteiger partial charge in [-0.2, -0.15) is 0 Å². The third-order valence-electron chi connectivity index (χ3n) is 17.7. The fourth-order valence-corrected chi connectivity index (χ4v) is 17.8. The molecule has 0 aliphatic carbocycles. The Kier molecular flexibility index (Phi) is 10.6. The van der Waals surface area contributed by atoms with Crippen LogP contribution < -0.4 is 10.4 Å². The summed E-state index contributed by atoms with van der Waals surface area (Å²) in [5.41, 5.74) is 19.5. The molecule has 0 amide bonds. The molecule has 0 spiro atoms. The van der Waals surface area contributed by atoms with E-state index in [-0.39, 0.29) is 0 Å². The third kappa shape index (κ3) is 7.22. The normalized spacial score (nSPS) is 13.1. The summed E-state index contributed by atoms with van der Waals surface area (Å²) >= 11 is 0. The Hall–Kier alpha value is -10.9. The Bertz CT molecular complexity index is 5110. The van der Waals surface area contributed by atoms with Crippen LogP contribution in [0.2, 0.25) is 13.1 Å². The molecule has 1 aliphatic rings. The summed E-state index contributed by atoms with van der Waals surface area (Å²) in [6, 6.07) is 89.6. The van der Waals surface area contributed by atoms with E-state index in [2.05, 4.69) is 281 Å². The molecule has 1 aliphatic heterocycles. The molecule has 0 saturated heterocycles. The van der Waals surface area contributed by atoms with Crippen molar-refractivity contribution in [2.45, 2.75) is 13.1 Å². The molecule has 6 aromatic heterocycles. The molecular weight excluding hydrogens is 1040 g/mol. The van der Waals surface area contributed by atoms with Gasteiger partial charge in [-0.3, -0.25) is 4.98 Å². The van der Waals surface area contributed by atoms with Crippen LogP contribution in [0.1, 0.15) is 0 Å². The average molecular weight is 1090 g/mol. The molecule has 16 aromatic rings. The van der Waals surface area contributed by atoms with Crippen molar-refractivity contribution in [3.05, 3.63) is 267 Å². The molecule has 7 heterocycles. The third-order valence-corrected chi connectivity index (χ3v) is 21.8. The maximum absolute atomic E-state index is 5.63. The number of benzene rings is 10. The van der Waals surface area contributed by atoms with E-state index in [1.54, 1.807) is 0 Å². The Balaban J connectivity index is 0.893. The molecule has 8 nitrogen and oxygen atoms in total. The van der Waals surface area contributed by atoms with Crippen molar-refractivity contribution in [3.8, 4) is 84.7 Å². The first-order valence-electron chi connectivity index (χ1n) is 28.8. The summed E-state index contributed by atoms with van der Waals surface area (Å²) in [6.07, 6.45) is 5.79. The predicted molar refractivity (Wildman–Crippen MR) is 349 cm³/mol. The average Bonchev–Trinajstić information content (AvgIpc) is 1.91. The van der Waals surface area contributed by atoms with Crippen molar-refractivity contribution < 1.29 is 0 Å². The second-order valence-electron chi connectivity index (χ2n) is 22.8. The molecule has 0 N–H and O–H groups in total. The van der Waals surface area contributed by atoms with Gasteiger partial charge in [-0.1, -0.05) is 60.7 Å². The summed E-state index contributed by atoms with van der Waals surface area (Å²) in [7, 11) is -2.82. The zero-order valence-electron chi connectivity index (χ0n) is 46.1. The van der Waals surface area contributed by atoms with Gasteiger partial charge in [-0.15, -0.1) is 0 Å². The number of nitrogens with zero attached hydrogens (tertiary/aromatic N) is 8. The summed E-state index contributed by atoms with van der Waals surface area (Å²) in [5, 5.41) is 9.68. The van der Waals surface area contributed by atoms with Crippen LogP contribution in [0.5, 0.6) is 0 Å². The monoisotopic (exact) mass is 1090 g/mol. The molecule has 9 heteroatoms. The number of pyridine rings is 2. The summed E-state index contributed by atoms with van der Waals surface area (Å²) < 4.78 is 6.72. The van der Waals surface area contributed by atoms with Gasteiger partial charge < -0.3 is 0 Å². The first-order chi connectivity index (χ1) is 41.4. The predicted octanol–water partition coefficient (Wildman–Crippen LogP) is 16.8. The number of aromatic nitrogens is 8. The van der Waals surface area contributed by atoms with Crippen LogP contribution >= 0.6 is 0 Å². The first kappa shape index (κ1) is 47.9. The van der Waals surface area contributed by atoms with Gasteiger partial charge in [0, 0.05) is 6.20 Å². The first-order valence-corrected chi connectivity index (χ1v) is 32.3. The van der Waals surface area contributed by atoms with E-state index in [4.69, 9.17) is 19.9 Å². The zero-order chi connectivity index (χ0) is 55.6. The van der Waals surface area contributed by atoms with Crippen molar-refractivity contribution >= 4 is 83.9 Å². The van der Waals surface area contributed by atoms with Gasteiger partial charge in [0.15, 0.2) is 0 Å². The van der Waals surface area contributed by atoms with Gasteiger partial charge in [0.1, 0.15) is 0 Å². The zero-order valence-corrected chi connectivity index (χ0v) is 47.2. The topological polar surface area (TPSA) is 79.2 Å². The van der Waals surface area contributed by atoms with Crippen LogP contribution in [0.25, 0.3) is 150 Å². The second kappa shape index (κ2) is 18.6. The van der Waals surface area contributed by atoms with E-state index in [0.29, 0.717) is 17.7 Å². The Morgan fingerprint density at radius 1 is 0.321 bits per heavy atom. The fraction of sp³-hybridized carbons (Fsp3) is 0.0267. The maximum atomic E-state index is 5.63. The standard InChI is InChI=1S/C75H51N8Si/c1-84(2)70-37-35-50(49-34-36-68-60(42-49)55-29-15-16-30-64(55)81(68)51-24-10-5-11-25-51)43-61(70)57-39-41-77-71(72(57)84)62-44-59(48-22-8-4-9-23-48)63(45-58(62)47-20-6-3-7-21-47)73-78-74(82-65-31-17-12-26-52(65)53-27-13-18-32-66(53)82)80-75(79-73)83-67-33-19-14-28-54(67)56-38-40-76-46-69(56)83/h3-46,84H,1-2H3/q-1. The number of hydrogen-bond acceptors (Lipinski definition) is 5. The van der Waals surface area contributed by atoms with Gasteiger partial charge in [0.2, 0.25) is 0 Å². The van der Waals surface area contributed by atoms with E-state index in [0.717, 1.165) is 88.4 Å². The van der Waals surface area contributed by atoms with Crippen molar-refractivity contribution in [1.82, 2.24) is 38.6 Å². The van der Waals surface area contributed by atoms with E-state index in [1.165, 1.54) is 54.4 Å². The van der Waals surface area contributed by atoms with Crippen LogP contribution in [0.3, 0.4) is 0 Å². The van der Waals surface area contributed by atoms with Crippen molar-refractivity contribution in [1.29, 1.82) is 0 Å². The number of para-hydroxylation sites is 5. The Morgan fingerprint density at radius 3 is 1.44 bits per heavy atom. The molecular formula is C75H51N8Si-. The van der Waals surface area contributed by atoms with E-state index < -0.39 is 8.07 Å². The molecule has 0 radical (unpaired) electrons. The molecule has 0 fully saturated rings. The van der Waals surface area contributed by atoms with Crippen molar-refractivity contribution in [3.63, 3.8) is 0 Å². The minimum absolute atomic E-state index is 0.493. The van der Waals surface area contributed by atoms with E-state index in [1.807, 2.05) is 18.6 Å². The van der Waals surface area contributed by atoms with Crippen LogP contribution in [0.4, 0.5) is 0 Å². The van der Waals surface area contributed by atoms with Gasteiger partial charge in [0.05, 0.1) is 0 Å². The van der Waals surface area contributed by atoms with E-state index >= 15 is 0 Å². The van der Waals surface area contributed by atoms with Crippen molar-refractivity contribution in [2.24, 2.45) is 0 Å². The van der Waals surface area contributed by atoms with Gasteiger partial charge in [0.25, 0.3) is 0 Å². The van der Waals surface area contributed by atoms with Crippen molar-refractivity contribution in [2.75, 3.05) is 0 Å². The SMILES string of the molecule is C[SiH-]1(C)c2ccc(-c3ccc4c(c3)c3ccccc3n4-c3ccccc3)cc2-c2ccnc(-c3cc(-c4ccccc4)c(-c4nc(-n5c6ccccc6c6ccccc65)nc(-n5c6ccccc6c6ccncc65)n4)cc3-c3ccccc3)c21. The van der Waals surface area contributed by atoms with Crippen LogP contribution in [-0.2, 0) is 0 Å².